The quantitative estimate of drug-likeness (QED) is 0.480. The number of rotatable bonds is 4. The van der Waals surface area contributed by atoms with Crippen molar-refractivity contribution in [2.75, 3.05) is 0 Å². The van der Waals surface area contributed by atoms with Crippen LogP contribution in [0.2, 0.25) is 0 Å². The third-order valence-electron chi connectivity index (χ3n) is 2.42. The van der Waals surface area contributed by atoms with Crippen LogP contribution in [-0.4, -0.2) is 16.3 Å². The molecule has 0 aromatic heterocycles. The van der Waals surface area contributed by atoms with E-state index < -0.39 is 16.6 Å². The van der Waals surface area contributed by atoms with E-state index in [9.17, 15) is 13.8 Å². The Labute approximate surface area is 107 Å². The lowest BCUT2D eigenvalue weighted by atomic mass is 10.1. The van der Waals surface area contributed by atoms with Gasteiger partial charge in [-0.15, -0.1) is 0 Å². The topological polar surface area (TPSA) is 51.2 Å². The Hall–Kier alpha value is -2.07. The Kier molecular flexibility index (Phi) is 3.79. The highest BCUT2D eigenvalue weighted by atomic mass is 32.2. The van der Waals surface area contributed by atoms with Crippen LogP contribution in [-0.2, 0) is 15.6 Å². The van der Waals surface area contributed by atoms with Gasteiger partial charge in [0.25, 0.3) is 0 Å². The van der Waals surface area contributed by atoms with Crippen molar-refractivity contribution in [3.8, 4) is 0 Å². The van der Waals surface area contributed by atoms with Crippen molar-refractivity contribution in [1.29, 1.82) is 0 Å². The van der Waals surface area contributed by atoms with E-state index in [0.717, 1.165) is 0 Å². The van der Waals surface area contributed by atoms with E-state index in [1.165, 1.54) is 12.1 Å². The average molecular weight is 258 g/mol. The largest absolute Gasteiger partial charge is 0.294 e. The lowest BCUT2D eigenvalue weighted by molar-refractivity contribution is -0.104. The van der Waals surface area contributed by atoms with Crippen LogP contribution in [0.3, 0.4) is 0 Å². The summed E-state index contributed by atoms with van der Waals surface area (Å²) in [5.41, 5.74) is 0.304. The second kappa shape index (κ2) is 5.51. The standard InChI is InChI=1S/C14H10O3S/c15-10-14(16)11-6-8-13(9-7-11)18(17)12-4-2-1-3-5-12/h1-10H. The second-order valence-electron chi connectivity index (χ2n) is 3.59. The molecule has 90 valence electrons. The van der Waals surface area contributed by atoms with E-state index in [0.29, 0.717) is 15.4 Å². The average Bonchev–Trinajstić information content (AvgIpc) is 2.47. The van der Waals surface area contributed by atoms with Crippen molar-refractivity contribution in [3.63, 3.8) is 0 Å². The zero-order chi connectivity index (χ0) is 13.0. The van der Waals surface area contributed by atoms with Gasteiger partial charge < -0.3 is 0 Å². The van der Waals surface area contributed by atoms with Crippen LogP contribution in [0.1, 0.15) is 10.4 Å². The molecule has 2 aromatic rings. The van der Waals surface area contributed by atoms with Crippen molar-refractivity contribution in [2.24, 2.45) is 0 Å². The van der Waals surface area contributed by atoms with Gasteiger partial charge in [-0.05, 0) is 36.4 Å². The zero-order valence-corrected chi connectivity index (χ0v) is 10.2. The molecule has 0 bridgehead atoms. The van der Waals surface area contributed by atoms with Crippen LogP contribution >= 0.6 is 0 Å². The van der Waals surface area contributed by atoms with Gasteiger partial charge in [0.15, 0.2) is 6.29 Å². The molecule has 0 aliphatic rings. The number of carbonyl (C=O) groups is 2. The first kappa shape index (κ1) is 12.4. The first-order valence-electron chi connectivity index (χ1n) is 5.29. The molecule has 0 saturated heterocycles. The summed E-state index contributed by atoms with van der Waals surface area (Å²) in [7, 11) is -1.27. The molecule has 0 heterocycles. The summed E-state index contributed by atoms with van der Waals surface area (Å²) >= 11 is 0. The van der Waals surface area contributed by atoms with Gasteiger partial charge in [-0.25, -0.2) is 4.21 Å². The van der Waals surface area contributed by atoms with E-state index >= 15 is 0 Å². The minimum absolute atomic E-state index is 0.267. The smallest absolute Gasteiger partial charge is 0.225 e. The van der Waals surface area contributed by atoms with Gasteiger partial charge in [0, 0.05) is 15.4 Å². The van der Waals surface area contributed by atoms with Crippen LogP contribution in [0.5, 0.6) is 0 Å². The van der Waals surface area contributed by atoms with Crippen LogP contribution < -0.4 is 0 Å². The molecule has 2 aromatic carbocycles. The minimum Gasteiger partial charge on any atom is -0.294 e. The first-order chi connectivity index (χ1) is 8.72. The second-order valence-corrected chi connectivity index (χ2v) is 5.07. The van der Waals surface area contributed by atoms with Gasteiger partial charge in [-0.1, -0.05) is 18.2 Å². The molecular weight excluding hydrogens is 248 g/mol. The van der Waals surface area contributed by atoms with Gasteiger partial charge in [-0.2, -0.15) is 0 Å². The molecule has 1 atom stereocenters. The van der Waals surface area contributed by atoms with Crippen LogP contribution in [0.25, 0.3) is 0 Å². The summed E-state index contributed by atoms with van der Waals surface area (Å²) in [5, 5.41) is 0. The molecule has 0 amide bonds. The molecule has 18 heavy (non-hydrogen) atoms. The number of hydrogen-bond donors (Lipinski definition) is 0. The number of aldehydes is 1. The van der Waals surface area contributed by atoms with Gasteiger partial charge in [0.2, 0.25) is 5.78 Å². The van der Waals surface area contributed by atoms with Crippen molar-refractivity contribution in [3.05, 3.63) is 60.2 Å². The molecule has 0 saturated carbocycles. The van der Waals surface area contributed by atoms with Crippen molar-refractivity contribution >= 4 is 22.9 Å². The number of benzene rings is 2. The van der Waals surface area contributed by atoms with E-state index in [1.807, 2.05) is 18.2 Å². The van der Waals surface area contributed by atoms with Crippen LogP contribution in [0.15, 0.2) is 64.4 Å². The van der Waals surface area contributed by atoms with Gasteiger partial charge >= 0.3 is 0 Å². The number of ketones is 1. The Morgan fingerprint density at radius 3 is 2.00 bits per heavy atom. The van der Waals surface area contributed by atoms with Gasteiger partial charge in [-0.3, -0.25) is 9.59 Å². The number of Topliss-reactive ketones (excluding diaryl/α,β-unsaturated/α-hetero) is 1. The summed E-state index contributed by atoms with van der Waals surface area (Å²) in [6, 6.07) is 15.3. The molecule has 0 radical (unpaired) electrons. The fourth-order valence-electron chi connectivity index (χ4n) is 1.49. The van der Waals surface area contributed by atoms with E-state index in [4.69, 9.17) is 0 Å². The molecule has 4 heteroatoms. The maximum Gasteiger partial charge on any atom is 0.225 e. The molecule has 0 aliphatic carbocycles. The molecule has 3 nitrogen and oxygen atoms in total. The maximum atomic E-state index is 12.2. The molecule has 0 fully saturated rings. The van der Waals surface area contributed by atoms with E-state index in [1.54, 1.807) is 24.3 Å². The van der Waals surface area contributed by atoms with Gasteiger partial charge in [0.05, 0.1) is 10.8 Å². The summed E-state index contributed by atoms with van der Waals surface area (Å²) in [6.45, 7) is 0. The van der Waals surface area contributed by atoms with Crippen molar-refractivity contribution < 1.29 is 13.8 Å². The summed E-state index contributed by atoms with van der Waals surface area (Å²) < 4.78 is 12.2. The highest BCUT2D eigenvalue weighted by Crippen LogP contribution is 2.16. The summed E-state index contributed by atoms with van der Waals surface area (Å²) in [4.78, 5) is 22.8. The molecule has 2 rings (SSSR count). The minimum atomic E-state index is -1.27. The monoisotopic (exact) mass is 258 g/mol. The zero-order valence-electron chi connectivity index (χ0n) is 9.41. The molecule has 1 unspecified atom stereocenters. The third-order valence-corrected chi connectivity index (χ3v) is 3.82. The van der Waals surface area contributed by atoms with Crippen LogP contribution in [0, 0.1) is 0 Å². The SMILES string of the molecule is O=CC(=O)c1ccc(S(=O)c2ccccc2)cc1. The molecular formula is C14H10O3S. The summed E-state index contributed by atoms with van der Waals surface area (Å²) in [5.74, 6) is -0.577. The fourth-order valence-corrected chi connectivity index (χ4v) is 2.55. The predicted molar refractivity (Wildman–Crippen MR) is 68.0 cm³/mol. The molecule has 0 aliphatic heterocycles. The highest BCUT2D eigenvalue weighted by Gasteiger charge is 2.08. The fraction of sp³-hybridized carbons (Fsp3) is 0. The lowest BCUT2D eigenvalue weighted by Crippen LogP contribution is -2.00. The molecule has 0 N–H and O–H groups in total. The Balaban J connectivity index is 2.28. The van der Waals surface area contributed by atoms with E-state index in [2.05, 4.69) is 0 Å². The Bertz CT molecular complexity index is 588. The maximum absolute atomic E-state index is 12.2. The van der Waals surface area contributed by atoms with E-state index in [-0.39, 0.29) is 6.29 Å². The lowest BCUT2D eigenvalue weighted by Gasteiger charge is -2.02. The van der Waals surface area contributed by atoms with Gasteiger partial charge in [0.1, 0.15) is 0 Å². The predicted octanol–water partition coefficient (Wildman–Crippen LogP) is 2.23. The number of hydrogen-bond acceptors (Lipinski definition) is 3. The molecule has 0 spiro atoms. The summed E-state index contributed by atoms with van der Waals surface area (Å²) in [6.07, 6.45) is 0.267. The third kappa shape index (κ3) is 2.60. The normalized spacial score (nSPS) is 11.8. The van der Waals surface area contributed by atoms with Crippen molar-refractivity contribution in [2.45, 2.75) is 9.79 Å². The Morgan fingerprint density at radius 1 is 0.889 bits per heavy atom. The first-order valence-corrected chi connectivity index (χ1v) is 6.44. The van der Waals surface area contributed by atoms with Crippen LogP contribution in [0.4, 0.5) is 0 Å². The Morgan fingerprint density at radius 2 is 1.44 bits per heavy atom. The highest BCUT2D eigenvalue weighted by molar-refractivity contribution is 7.85. The van der Waals surface area contributed by atoms with Crippen molar-refractivity contribution in [1.82, 2.24) is 0 Å². The number of carbonyl (C=O) groups excluding carboxylic acids is 2.